The van der Waals surface area contributed by atoms with E-state index in [4.69, 9.17) is 4.42 Å². The molecule has 2 aliphatic heterocycles. The van der Waals surface area contributed by atoms with E-state index >= 15 is 0 Å². The Morgan fingerprint density at radius 3 is 1.88 bits per heavy atom. The van der Waals surface area contributed by atoms with Crippen LogP contribution in [0.25, 0.3) is 33.8 Å². The second-order valence-corrected chi connectivity index (χ2v) is 11.3. The lowest BCUT2D eigenvalue weighted by Crippen LogP contribution is -2.57. The Morgan fingerprint density at radius 2 is 1.23 bits per heavy atom. The molecule has 4 amide bonds. The molecule has 0 aliphatic carbocycles. The van der Waals surface area contributed by atoms with Gasteiger partial charge in [-0.15, -0.1) is 0 Å². The van der Waals surface area contributed by atoms with E-state index in [-0.39, 0.29) is 5.57 Å². The van der Waals surface area contributed by atoms with Crippen molar-refractivity contribution in [3.05, 3.63) is 132 Å². The average molecular weight is 564 g/mol. The van der Waals surface area contributed by atoms with Crippen LogP contribution in [-0.2, 0) is 15.0 Å². The Hall–Kier alpha value is -5.69. The Balaban J connectivity index is 1.33. The van der Waals surface area contributed by atoms with Crippen LogP contribution in [0.3, 0.4) is 0 Å². The van der Waals surface area contributed by atoms with Gasteiger partial charge in [0.25, 0.3) is 11.8 Å². The molecule has 6 aromatic rings. The number of fused-ring (bicyclic) bond motifs is 5. The monoisotopic (exact) mass is 563 g/mol. The zero-order valence-electron chi connectivity index (χ0n) is 23.4. The Bertz CT molecular complexity index is 2110. The van der Waals surface area contributed by atoms with Crippen LogP contribution in [0.2, 0.25) is 0 Å². The summed E-state index contributed by atoms with van der Waals surface area (Å²) in [6, 6.07) is 32.9. The van der Waals surface area contributed by atoms with Crippen molar-refractivity contribution in [3.8, 4) is 5.88 Å². The highest BCUT2D eigenvalue weighted by molar-refractivity contribution is 6.46. The number of amides is 4. The summed E-state index contributed by atoms with van der Waals surface area (Å²) in [5.74, 6) is -0.421. The number of carbonyl (C=O) groups excluding carboxylic acids is 3. The second-order valence-electron chi connectivity index (χ2n) is 11.3. The number of hydrogen-bond donors (Lipinski definition) is 0. The van der Waals surface area contributed by atoms with E-state index < -0.39 is 23.3 Å². The number of hydrogen-bond acceptors (Lipinski definition) is 4. The predicted octanol–water partition coefficient (Wildman–Crippen LogP) is 7.60. The number of imide groups is 2. The topological polar surface area (TPSA) is 75.8 Å². The summed E-state index contributed by atoms with van der Waals surface area (Å²) in [5, 5.41) is 2.25. The molecule has 0 radical (unpaired) electrons. The minimum Gasteiger partial charge on any atom is -0.440 e. The average Bonchev–Trinajstić information content (AvgIpc) is 3.60. The summed E-state index contributed by atoms with van der Waals surface area (Å²) in [7, 11) is 0. The third-order valence-electron chi connectivity index (χ3n) is 8.54. The van der Waals surface area contributed by atoms with Crippen molar-refractivity contribution in [1.82, 2.24) is 4.57 Å². The molecule has 0 unspecified atom stereocenters. The molecular weight excluding hydrogens is 538 g/mol. The second kappa shape index (κ2) is 8.90. The number of anilines is 2. The minimum absolute atomic E-state index is 0.170. The summed E-state index contributed by atoms with van der Waals surface area (Å²) in [4.78, 5) is 43.6. The maximum atomic E-state index is 13.9. The van der Waals surface area contributed by atoms with Crippen molar-refractivity contribution in [3.63, 3.8) is 0 Å². The Morgan fingerprint density at radius 1 is 0.651 bits per heavy atom. The first-order valence-corrected chi connectivity index (χ1v) is 14.1. The van der Waals surface area contributed by atoms with Gasteiger partial charge in [-0.05, 0) is 48.0 Å². The van der Waals surface area contributed by atoms with Crippen molar-refractivity contribution in [2.24, 2.45) is 0 Å². The van der Waals surface area contributed by atoms with Crippen LogP contribution in [0.5, 0.6) is 0 Å². The van der Waals surface area contributed by atoms with Crippen molar-refractivity contribution >= 4 is 57.1 Å². The van der Waals surface area contributed by atoms with Crippen LogP contribution in [0, 0.1) is 0 Å². The van der Waals surface area contributed by atoms with E-state index in [0.29, 0.717) is 23.0 Å². The number of furan rings is 1. The highest BCUT2D eigenvalue weighted by Gasteiger charge is 2.44. The van der Waals surface area contributed by atoms with Gasteiger partial charge in [-0.2, -0.15) is 0 Å². The van der Waals surface area contributed by atoms with E-state index in [1.807, 2.05) is 18.2 Å². The van der Waals surface area contributed by atoms with Gasteiger partial charge in [0.1, 0.15) is 11.3 Å². The smallest absolute Gasteiger partial charge is 0.343 e. The normalized spacial score (nSPS) is 15.9. The molecule has 43 heavy (non-hydrogen) atoms. The zero-order valence-corrected chi connectivity index (χ0v) is 23.4. The molecule has 0 saturated carbocycles. The largest absolute Gasteiger partial charge is 0.440 e. The van der Waals surface area contributed by atoms with Crippen LogP contribution >= 0.6 is 0 Å². The molecule has 0 bridgehead atoms. The lowest BCUT2D eigenvalue weighted by molar-refractivity contribution is -0.121. The zero-order chi connectivity index (χ0) is 29.5. The number of benzene rings is 4. The molecule has 208 valence electrons. The molecule has 2 aromatic heterocycles. The van der Waals surface area contributed by atoms with E-state index in [2.05, 4.69) is 48.7 Å². The molecule has 0 atom stereocenters. The first-order chi connectivity index (χ1) is 20.9. The highest BCUT2D eigenvalue weighted by atomic mass is 16.4. The van der Waals surface area contributed by atoms with Gasteiger partial charge in [0.05, 0.1) is 22.4 Å². The number of aromatic nitrogens is 1. The van der Waals surface area contributed by atoms with Crippen LogP contribution in [0.1, 0.15) is 30.7 Å². The summed E-state index contributed by atoms with van der Waals surface area (Å²) >= 11 is 0. The fraction of sp³-hybridized carbons (Fsp3) is 0.0833. The van der Waals surface area contributed by atoms with Gasteiger partial charge in [-0.25, -0.2) is 14.6 Å². The summed E-state index contributed by atoms with van der Waals surface area (Å²) in [6.45, 7) is 4.30. The van der Waals surface area contributed by atoms with E-state index in [1.165, 1.54) is 6.08 Å². The maximum Gasteiger partial charge on any atom is 0.343 e. The third-order valence-corrected chi connectivity index (χ3v) is 8.54. The van der Waals surface area contributed by atoms with Gasteiger partial charge >= 0.3 is 6.03 Å². The predicted molar refractivity (Wildman–Crippen MR) is 166 cm³/mol. The number of carbonyl (C=O) groups is 3. The molecule has 8 rings (SSSR count). The Kier molecular flexibility index (Phi) is 5.19. The van der Waals surface area contributed by atoms with Gasteiger partial charge in [-0.1, -0.05) is 86.6 Å². The molecule has 7 nitrogen and oxygen atoms in total. The Labute approximate surface area is 246 Å². The minimum atomic E-state index is -0.735. The molecule has 1 saturated heterocycles. The standard InChI is InChI=1S/C36H25N3O4/c1-36(2)28-18-11-17-26-25-16-9-10-19-30(25)39(31(26)28)34-29(36)21-24(43-34)20-27-32(40)37(22-12-5-3-6-13-22)35(42)38(33(27)41)23-14-7-4-8-15-23/h3-21H,1-2H3. The molecule has 4 aromatic carbocycles. The fourth-order valence-electron chi connectivity index (χ4n) is 6.45. The van der Waals surface area contributed by atoms with Gasteiger partial charge in [0.15, 0.2) is 0 Å². The van der Waals surface area contributed by atoms with Crippen molar-refractivity contribution in [2.45, 2.75) is 19.3 Å². The van der Waals surface area contributed by atoms with Crippen LogP contribution in [-0.4, -0.2) is 22.4 Å². The van der Waals surface area contributed by atoms with Gasteiger partial charge in [0.2, 0.25) is 5.88 Å². The van der Waals surface area contributed by atoms with Crippen LogP contribution < -0.4 is 9.80 Å². The third kappa shape index (κ3) is 3.45. The molecular formula is C36H25N3O4. The van der Waals surface area contributed by atoms with Gasteiger partial charge in [-0.3, -0.25) is 14.2 Å². The van der Waals surface area contributed by atoms with E-state index in [9.17, 15) is 14.4 Å². The SMILES string of the molecule is CC1(C)c2cc(C=C3C(=O)N(c4ccccc4)C(=O)N(c4ccccc4)C3=O)oc2-n2c3ccccc3c3cccc1c32. The maximum absolute atomic E-state index is 13.9. The highest BCUT2D eigenvalue weighted by Crippen LogP contribution is 2.48. The molecule has 0 N–H and O–H groups in total. The first-order valence-electron chi connectivity index (χ1n) is 14.1. The number of rotatable bonds is 3. The molecule has 1 fully saturated rings. The fourth-order valence-corrected chi connectivity index (χ4v) is 6.45. The van der Waals surface area contributed by atoms with Crippen molar-refractivity contribution < 1.29 is 18.8 Å². The molecule has 0 spiro atoms. The van der Waals surface area contributed by atoms with Crippen LogP contribution in [0.15, 0.2) is 119 Å². The number of barbiturate groups is 1. The quantitative estimate of drug-likeness (QED) is 0.164. The van der Waals surface area contributed by atoms with Gasteiger partial charge < -0.3 is 4.42 Å². The van der Waals surface area contributed by atoms with Gasteiger partial charge in [0, 0.05) is 21.8 Å². The first kappa shape index (κ1) is 25.1. The molecule has 7 heteroatoms. The van der Waals surface area contributed by atoms with E-state index in [1.54, 1.807) is 60.7 Å². The van der Waals surface area contributed by atoms with E-state index in [0.717, 1.165) is 42.7 Å². The van der Waals surface area contributed by atoms with Crippen LogP contribution in [0.4, 0.5) is 16.2 Å². The summed E-state index contributed by atoms with van der Waals surface area (Å²) in [5.41, 5.74) is 4.34. The van der Waals surface area contributed by atoms with Crippen molar-refractivity contribution in [1.29, 1.82) is 0 Å². The lowest BCUT2D eigenvalue weighted by atomic mass is 9.76. The lowest BCUT2D eigenvalue weighted by Gasteiger charge is -2.33. The van der Waals surface area contributed by atoms with Crippen molar-refractivity contribution in [2.75, 3.05) is 9.80 Å². The number of nitrogens with zero attached hydrogens (tertiary/aromatic N) is 3. The number of urea groups is 1. The summed E-state index contributed by atoms with van der Waals surface area (Å²) < 4.78 is 8.65. The number of para-hydroxylation sites is 4. The molecule has 4 heterocycles. The summed E-state index contributed by atoms with van der Waals surface area (Å²) in [6.07, 6.45) is 1.46. The molecule has 2 aliphatic rings.